The average Bonchev–Trinajstić information content (AvgIpc) is 2.73. The van der Waals surface area contributed by atoms with Crippen LogP contribution in [-0.2, 0) is 0 Å². The molecule has 2 amide bonds. The van der Waals surface area contributed by atoms with Crippen LogP contribution in [0.25, 0.3) is 11.0 Å². The molecule has 1 N–H and O–H groups in total. The predicted octanol–water partition coefficient (Wildman–Crippen LogP) is 3.95. The fraction of sp³-hybridized carbons (Fsp3) is 0.286. The lowest BCUT2D eigenvalue weighted by Gasteiger charge is -2.36. The molecule has 4 rings (SSSR count). The number of fused-ring (bicyclic) bond motifs is 1. The maximum absolute atomic E-state index is 12.8. The summed E-state index contributed by atoms with van der Waals surface area (Å²) >= 11 is 6.09. The molecule has 1 saturated heterocycles. The number of rotatable bonds is 3. The number of urea groups is 1. The second kappa shape index (κ2) is 8.13. The zero-order valence-electron chi connectivity index (χ0n) is 16.4. The van der Waals surface area contributed by atoms with Gasteiger partial charge in [0.25, 0.3) is 5.88 Å². The van der Waals surface area contributed by atoms with Gasteiger partial charge in [0.05, 0.1) is 18.1 Å². The Balaban J connectivity index is 1.45. The summed E-state index contributed by atoms with van der Waals surface area (Å²) in [5, 5.41) is 3.56. The van der Waals surface area contributed by atoms with E-state index in [0.717, 1.165) is 29.9 Å². The molecule has 2 heterocycles. The third kappa shape index (κ3) is 4.19. The molecular formula is C21H22ClN5O2. The van der Waals surface area contributed by atoms with Gasteiger partial charge in [-0.2, -0.15) is 0 Å². The topological polar surface area (TPSA) is 70.6 Å². The van der Waals surface area contributed by atoms with Crippen molar-refractivity contribution in [3.8, 4) is 5.88 Å². The van der Waals surface area contributed by atoms with E-state index < -0.39 is 0 Å². The lowest BCUT2D eigenvalue weighted by atomic mass is 10.2. The van der Waals surface area contributed by atoms with Gasteiger partial charge in [0.1, 0.15) is 0 Å². The van der Waals surface area contributed by atoms with Crippen LogP contribution in [0, 0.1) is 6.92 Å². The molecule has 0 bridgehead atoms. The number of methoxy groups -OCH3 is 1. The zero-order valence-corrected chi connectivity index (χ0v) is 17.1. The fourth-order valence-corrected chi connectivity index (χ4v) is 3.58. The Morgan fingerprint density at radius 3 is 2.59 bits per heavy atom. The van der Waals surface area contributed by atoms with Crippen molar-refractivity contribution in [2.45, 2.75) is 6.92 Å². The van der Waals surface area contributed by atoms with Crippen LogP contribution in [0.5, 0.6) is 5.88 Å². The number of aryl methyl sites for hydroxylation is 1. The summed E-state index contributed by atoms with van der Waals surface area (Å²) in [5.41, 5.74) is 3.59. The quantitative estimate of drug-likeness (QED) is 0.706. The first kappa shape index (κ1) is 19.3. The van der Waals surface area contributed by atoms with Crippen LogP contribution in [0.15, 0.2) is 42.5 Å². The third-order valence-electron chi connectivity index (χ3n) is 4.95. The van der Waals surface area contributed by atoms with Gasteiger partial charge in [-0.15, -0.1) is 0 Å². The molecule has 7 nitrogen and oxygen atoms in total. The van der Waals surface area contributed by atoms with Gasteiger partial charge in [-0.25, -0.2) is 14.8 Å². The Morgan fingerprint density at radius 1 is 1.07 bits per heavy atom. The molecule has 0 aliphatic carbocycles. The molecule has 150 valence electrons. The number of anilines is 2. The molecule has 0 saturated carbocycles. The summed E-state index contributed by atoms with van der Waals surface area (Å²) in [6.45, 7) is 4.65. The highest BCUT2D eigenvalue weighted by molar-refractivity contribution is 6.30. The molecule has 3 aromatic rings. The number of nitrogens with one attached hydrogen (secondary N) is 1. The number of aromatic nitrogens is 2. The predicted molar refractivity (Wildman–Crippen MR) is 115 cm³/mol. The molecular weight excluding hydrogens is 390 g/mol. The van der Waals surface area contributed by atoms with Crippen LogP contribution in [0.3, 0.4) is 0 Å². The number of halogens is 1. The second-order valence-electron chi connectivity index (χ2n) is 6.96. The van der Waals surface area contributed by atoms with Crippen molar-refractivity contribution in [3.05, 3.63) is 53.1 Å². The number of carbonyl (C=O) groups is 1. The van der Waals surface area contributed by atoms with Gasteiger partial charge in [0, 0.05) is 36.9 Å². The molecule has 1 aromatic heterocycles. The summed E-state index contributed by atoms with van der Waals surface area (Å²) in [6.07, 6.45) is 0. The number of hydrogen-bond donors (Lipinski definition) is 1. The minimum atomic E-state index is -0.213. The number of piperazine rings is 1. The van der Waals surface area contributed by atoms with E-state index >= 15 is 0 Å². The number of carbonyl (C=O) groups excluding carboxylic acids is 1. The van der Waals surface area contributed by atoms with Gasteiger partial charge in [-0.05, 0) is 42.8 Å². The minimum Gasteiger partial charge on any atom is -0.478 e. The van der Waals surface area contributed by atoms with Crippen LogP contribution in [0.4, 0.5) is 16.3 Å². The van der Waals surface area contributed by atoms with Gasteiger partial charge in [0.15, 0.2) is 5.82 Å². The molecule has 0 radical (unpaired) electrons. The van der Waals surface area contributed by atoms with Crippen LogP contribution >= 0.6 is 11.6 Å². The van der Waals surface area contributed by atoms with E-state index in [2.05, 4.69) is 20.2 Å². The zero-order chi connectivity index (χ0) is 20.4. The molecule has 2 aromatic carbocycles. The number of amides is 2. The number of hydrogen-bond acceptors (Lipinski definition) is 5. The second-order valence-corrected chi connectivity index (χ2v) is 7.39. The first-order chi connectivity index (χ1) is 14.0. The Hall–Kier alpha value is -3.06. The molecule has 0 unspecified atom stereocenters. The summed E-state index contributed by atoms with van der Waals surface area (Å²) in [4.78, 5) is 25.8. The summed E-state index contributed by atoms with van der Waals surface area (Å²) < 4.78 is 5.34. The van der Waals surface area contributed by atoms with E-state index in [1.165, 1.54) is 7.11 Å². The Bertz CT molecular complexity index is 1050. The van der Waals surface area contributed by atoms with Crippen LogP contribution in [0.2, 0.25) is 5.02 Å². The van der Waals surface area contributed by atoms with Gasteiger partial charge >= 0.3 is 6.03 Å². The monoisotopic (exact) mass is 411 g/mol. The minimum absolute atomic E-state index is 0.213. The number of benzene rings is 2. The van der Waals surface area contributed by atoms with Crippen molar-refractivity contribution in [3.63, 3.8) is 0 Å². The molecule has 8 heteroatoms. The summed E-state index contributed by atoms with van der Waals surface area (Å²) in [6, 6.07) is 13.3. The van der Waals surface area contributed by atoms with E-state index in [4.69, 9.17) is 16.3 Å². The van der Waals surface area contributed by atoms with Crippen molar-refractivity contribution >= 4 is 40.2 Å². The van der Waals surface area contributed by atoms with Crippen molar-refractivity contribution in [1.29, 1.82) is 0 Å². The molecule has 0 atom stereocenters. The van der Waals surface area contributed by atoms with Crippen molar-refractivity contribution < 1.29 is 9.53 Å². The van der Waals surface area contributed by atoms with Crippen molar-refractivity contribution in [2.75, 3.05) is 43.5 Å². The highest BCUT2D eigenvalue weighted by atomic mass is 35.5. The normalized spacial score (nSPS) is 14.2. The first-order valence-corrected chi connectivity index (χ1v) is 9.80. The van der Waals surface area contributed by atoms with Crippen LogP contribution < -0.4 is 15.0 Å². The number of nitrogens with zero attached hydrogens (tertiary/aromatic N) is 4. The molecule has 1 aliphatic rings. The first-order valence-electron chi connectivity index (χ1n) is 9.42. The molecule has 1 aliphatic heterocycles. The highest BCUT2D eigenvalue weighted by Crippen LogP contribution is 2.25. The average molecular weight is 412 g/mol. The lowest BCUT2D eigenvalue weighted by molar-refractivity contribution is 0.208. The SMILES string of the molecule is COc1nc2cc(C)ccc2nc1NC(=O)N1CCN(c2cccc(Cl)c2)CC1. The largest absolute Gasteiger partial charge is 0.478 e. The van der Waals surface area contributed by atoms with E-state index in [9.17, 15) is 4.79 Å². The smallest absolute Gasteiger partial charge is 0.323 e. The molecule has 1 fully saturated rings. The van der Waals surface area contributed by atoms with E-state index in [1.54, 1.807) is 4.90 Å². The summed E-state index contributed by atoms with van der Waals surface area (Å²) in [7, 11) is 1.52. The van der Waals surface area contributed by atoms with Crippen LogP contribution in [-0.4, -0.2) is 54.2 Å². The Morgan fingerprint density at radius 2 is 1.86 bits per heavy atom. The fourth-order valence-electron chi connectivity index (χ4n) is 3.39. The maximum atomic E-state index is 12.8. The number of ether oxygens (including phenoxy) is 1. The highest BCUT2D eigenvalue weighted by Gasteiger charge is 2.23. The molecule has 29 heavy (non-hydrogen) atoms. The van der Waals surface area contributed by atoms with Gasteiger partial charge in [-0.3, -0.25) is 5.32 Å². The third-order valence-corrected chi connectivity index (χ3v) is 5.18. The van der Waals surface area contributed by atoms with Gasteiger partial charge in [-0.1, -0.05) is 23.7 Å². The van der Waals surface area contributed by atoms with E-state index in [1.807, 2.05) is 49.4 Å². The maximum Gasteiger partial charge on any atom is 0.323 e. The lowest BCUT2D eigenvalue weighted by Crippen LogP contribution is -2.50. The van der Waals surface area contributed by atoms with E-state index in [0.29, 0.717) is 35.3 Å². The van der Waals surface area contributed by atoms with Gasteiger partial charge < -0.3 is 14.5 Å². The Kier molecular flexibility index (Phi) is 5.40. The van der Waals surface area contributed by atoms with E-state index in [-0.39, 0.29) is 6.03 Å². The summed E-state index contributed by atoms with van der Waals surface area (Å²) in [5.74, 6) is 0.625. The van der Waals surface area contributed by atoms with Crippen molar-refractivity contribution in [1.82, 2.24) is 14.9 Å². The van der Waals surface area contributed by atoms with Crippen molar-refractivity contribution in [2.24, 2.45) is 0 Å². The van der Waals surface area contributed by atoms with Crippen LogP contribution in [0.1, 0.15) is 5.56 Å². The standard InChI is InChI=1S/C21H22ClN5O2/c1-14-6-7-17-18(12-14)24-20(29-2)19(23-17)25-21(28)27-10-8-26(9-11-27)16-5-3-4-15(22)13-16/h3-7,12-13H,8-11H2,1-2H3,(H,23,25,28). The molecule has 0 spiro atoms. The Labute approximate surface area is 174 Å². The van der Waals surface area contributed by atoms with Gasteiger partial charge in [0.2, 0.25) is 0 Å².